The molecule has 0 atom stereocenters. The molecular weight excluding hydrogens is 240 g/mol. The van der Waals surface area contributed by atoms with Gasteiger partial charge < -0.3 is 0 Å². The lowest BCUT2D eigenvalue weighted by Gasteiger charge is -2.11. The summed E-state index contributed by atoms with van der Waals surface area (Å²) in [4.78, 5) is 11.7. The zero-order valence-electron chi connectivity index (χ0n) is 11.9. The summed E-state index contributed by atoms with van der Waals surface area (Å²) in [6.07, 6.45) is 2.63. The highest BCUT2D eigenvalue weighted by Crippen LogP contribution is 2.18. The van der Waals surface area contributed by atoms with E-state index in [4.69, 9.17) is 0 Å². The van der Waals surface area contributed by atoms with Crippen LogP contribution < -0.4 is 0 Å². The van der Waals surface area contributed by atoms with Gasteiger partial charge >= 0.3 is 0 Å². The first-order chi connectivity index (χ1) is 8.49. The van der Waals surface area contributed by atoms with Crippen LogP contribution in [-0.4, -0.2) is 10.4 Å². The molecule has 2 heteroatoms. The van der Waals surface area contributed by atoms with Gasteiger partial charge in [-0.3, -0.25) is 4.79 Å². The summed E-state index contributed by atoms with van der Waals surface area (Å²) < 4.78 is 0. The highest BCUT2D eigenvalue weighted by atomic mass is 32.2. The summed E-state index contributed by atoms with van der Waals surface area (Å²) in [7, 11) is 0. The summed E-state index contributed by atoms with van der Waals surface area (Å²) in [5.41, 5.74) is 2.73. The second-order valence-corrected chi connectivity index (χ2v) is 7.04. The van der Waals surface area contributed by atoms with Gasteiger partial charge in [0.2, 0.25) is 0 Å². The third-order valence-corrected chi connectivity index (χ3v) is 3.65. The van der Waals surface area contributed by atoms with Gasteiger partial charge in [-0.1, -0.05) is 63.7 Å². The largest absolute Gasteiger partial charge is 0.287 e. The lowest BCUT2D eigenvalue weighted by molar-refractivity contribution is -0.110. The average molecular weight is 264 g/mol. The summed E-state index contributed by atoms with van der Waals surface area (Å²) in [5.74, 6) is 0.659. The number of hydrogen-bond donors (Lipinski definition) is 0. The minimum absolute atomic E-state index is 0.310. The molecule has 18 heavy (non-hydrogen) atoms. The topological polar surface area (TPSA) is 17.1 Å². The van der Waals surface area contributed by atoms with Crippen molar-refractivity contribution in [2.24, 2.45) is 5.92 Å². The van der Waals surface area contributed by atoms with Gasteiger partial charge in [0, 0.05) is 11.7 Å². The van der Waals surface area contributed by atoms with Gasteiger partial charge in [-0.2, -0.15) is 0 Å². The molecule has 0 spiro atoms. The monoisotopic (exact) mass is 264 g/mol. The second-order valence-electron chi connectivity index (χ2n) is 5.41. The molecule has 0 aliphatic carbocycles. The average Bonchev–Trinajstić information content (AvgIpc) is 2.26. The Balaban J connectivity index is 2.58. The van der Waals surface area contributed by atoms with E-state index in [1.807, 2.05) is 0 Å². The van der Waals surface area contributed by atoms with Crippen molar-refractivity contribution in [2.45, 2.75) is 52.2 Å². The Bertz CT molecular complexity index is 382. The second kappa shape index (κ2) is 7.63. The highest BCUT2D eigenvalue weighted by Gasteiger charge is 2.09. The van der Waals surface area contributed by atoms with Crippen molar-refractivity contribution in [3.8, 4) is 0 Å². The molecule has 0 N–H and O–H groups in total. The number of aryl methyl sites for hydroxylation is 1. The fourth-order valence-corrected chi connectivity index (χ4v) is 2.74. The Morgan fingerprint density at radius 3 is 2.28 bits per heavy atom. The molecule has 1 aromatic carbocycles. The molecule has 0 aromatic heterocycles. The molecule has 0 amide bonds. The van der Waals surface area contributed by atoms with Crippen molar-refractivity contribution < 1.29 is 4.79 Å². The first-order valence-electron chi connectivity index (χ1n) is 6.75. The molecule has 0 heterocycles. The highest BCUT2D eigenvalue weighted by molar-refractivity contribution is 8.14. The van der Waals surface area contributed by atoms with E-state index in [2.05, 4.69) is 52.0 Å². The molecule has 0 saturated heterocycles. The first kappa shape index (κ1) is 15.3. The first-order valence-corrected chi connectivity index (χ1v) is 7.63. The van der Waals surface area contributed by atoms with Crippen molar-refractivity contribution in [1.29, 1.82) is 0 Å². The number of hydrogen-bond acceptors (Lipinski definition) is 2. The van der Waals surface area contributed by atoms with Crippen molar-refractivity contribution in [2.75, 3.05) is 0 Å². The van der Waals surface area contributed by atoms with Crippen LogP contribution in [0.25, 0.3) is 0 Å². The molecule has 0 saturated carbocycles. The quantitative estimate of drug-likeness (QED) is 0.753. The zero-order chi connectivity index (χ0) is 13.5. The van der Waals surface area contributed by atoms with Crippen LogP contribution >= 0.6 is 11.8 Å². The summed E-state index contributed by atoms with van der Waals surface area (Å²) >= 11 is 1.45. The molecule has 0 unspecified atom stereocenters. The standard InChI is InChI=1S/C16H24OS/c1-12(2)11-15-8-6-5-7-14(15)9-10-16(17)18-13(3)4/h5-8,12-13H,9-11H2,1-4H3. The van der Waals surface area contributed by atoms with Gasteiger partial charge in [-0.15, -0.1) is 0 Å². The smallest absolute Gasteiger partial charge is 0.189 e. The van der Waals surface area contributed by atoms with Crippen LogP contribution in [-0.2, 0) is 17.6 Å². The van der Waals surface area contributed by atoms with Crippen LogP contribution in [0.3, 0.4) is 0 Å². The summed E-state index contributed by atoms with van der Waals surface area (Å²) in [6.45, 7) is 8.59. The fraction of sp³-hybridized carbons (Fsp3) is 0.562. The Labute approximate surface area is 115 Å². The molecule has 0 fully saturated rings. The van der Waals surface area contributed by atoms with Crippen molar-refractivity contribution in [3.05, 3.63) is 35.4 Å². The van der Waals surface area contributed by atoms with E-state index in [-0.39, 0.29) is 0 Å². The minimum Gasteiger partial charge on any atom is -0.287 e. The number of carbonyl (C=O) groups excluding carboxylic acids is 1. The van der Waals surface area contributed by atoms with Gasteiger partial charge in [0.15, 0.2) is 5.12 Å². The molecule has 0 bridgehead atoms. The van der Waals surface area contributed by atoms with E-state index in [0.29, 0.717) is 22.7 Å². The van der Waals surface area contributed by atoms with Gasteiger partial charge in [0.25, 0.3) is 0 Å². The lowest BCUT2D eigenvalue weighted by Crippen LogP contribution is -2.03. The maximum Gasteiger partial charge on any atom is 0.189 e. The molecule has 1 rings (SSSR count). The van der Waals surface area contributed by atoms with E-state index in [9.17, 15) is 4.79 Å². The van der Waals surface area contributed by atoms with Crippen LogP contribution in [0.5, 0.6) is 0 Å². The third kappa shape index (κ3) is 5.72. The Hall–Kier alpha value is -0.760. The summed E-state index contributed by atoms with van der Waals surface area (Å²) in [5, 5.41) is 0.702. The number of carbonyl (C=O) groups is 1. The third-order valence-electron chi connectivity index (χ3n) is 2.71. The predicted octanol–water partition coefficient (Wildman–Crippen LogP) is 4.49. The molecule has 0 aliphatic rings. The Kier molecular flexibility index (Phi) is 6.48. The maximum absolute atomic E-state index is 11.7. The van der Waals surface area contributed by atoms with Crippen molar-refractivity contribution in [1.82, 2.24) is 0 Å². The molecule has 0 radical (unpaired) electrons. The Morgan fingerprint density at radius 1 is 1.11 bits per heavy atom. The maximum atomic E-state index is 11.7. The lowest BCUT2D eigenvalue weighted by atomic mass is 9.96. The van der Waals surface area contributed by atoms with Crippen LogP contribution in [0.2, 0.25) is 0 Å². The summed E-state index contributed by atoms with van der Waals surface area (Å²) in [6, 6.07) is 8.51. The molecule has 100 valence electrons. The van der Waals surface area contributed by atoms with Crippen LogP contribution in [0.1, 0.15) is 45.2 Å². The molecular formula is C16H24OS. The normalized spacial score (nSPS) is 11.2. The fourth-order valence-electron chi connectivity index (χ4n) is 2.00. The van der Waals surface area contributed by atoms with E-state index in [1.165, 1.54) is 22.9 Å². The van der Waals surface area contributed by atoms with E-state index in [1.54, 1.807) is 0 Å². The molecule has 1 aromatic rings. The number of benzene rings is 1. The van der Waals surface area contributed by atoms with Crippen molar-refractivity contribution in [3.63, 3.8) is 0 Å². The van der Waals surface area contributed by atoms with Crippen LogP contribution in [0.15, 0.2) is 24.3 Å². The minimum atomic E-state index is 0.310. The molecule has 0 aliphatic heterocycles. The van der Waals surface area contributed by atoms with E-state index < -0.39 is 0 Å². The van der Waals surface area contributed by atoms with Gasteiger partial charge in [-0.25, -0.2) is 0 Å². The number of thioether (sulfide) groups is 1. The van der Waals surface area contributed by atoms with Gasteiger partial charge in [0.1, 0.15) is 0 Å². The van der Waals surface area contributed by atoms with Gasteiger partial charge in [0.05, 0.1) is 0 Å². The van der Waals surface area contributed by atoms with Crippen LogP contribution in [0, 0.1) is 5.92 Å². The van der Waals surface area contributed by atoms with Crippen molar-refractivity contribution >= 4 is 16.9 Å². The number of rotatable bonds is 6. The van der Waals surface area contributed by atoms with E-state index in [0.717, 1.165) is 12.8 Å². The Morgan fingerprint density at radius 2 is 1.72 bits per heavy atom. The predicted molar refractivity (Wildman–Crippen MR) is 81.0 cm³/mol. The van der Waals surface area contributed by atoms with Gasteiger partial charge in [-0.05, 0) is 29.9 Å². The molecule has 1 nitrogen and oxygen atoms in total. The zero-order valence-corrected chi connectivity index (χ0v) is 12.7. The van der Waals surface area contributed by atoms with Crippen LogP contribution in [0.4, 0.5) is 0 Å². The van der Waals surface area contributed by atoms with E-state index >= 15 is 0 Å². The SMILES string of the molecule is CC(C)Cc1ccccc1CCC(=O)SC(C)C.